The maximum Gasteiger partial charge on any atom is 0.332 e. The van der Waals surface area contributed by atoms with Crippen molar-refractivity contribution in [3.63, 3.8) is 0 Å². The highest BCUT2D eigenvalue weighted by Crippen LogP contribution is 1.94. The van der Waals surface area contributed by atoms with Crippen LogP contribution in [0.1, 0.15) is 13.8 Å². The Balaban J connectivity index is 3.16. The van der Waals surface area contributed by atoms with Crippen LogP contribution in [0.3, 0.4) is 0 Å². The van der Waals surface area contributed by atoms with Gasteiger partial charge in [0.1, 0.15) is 6.61 Å². The third-order valence-electron chi connectivity index (χ3n) is 2.24. The second-order valence-electron chi connectivity index (χ2n) is 4.27. The first-order valence-electron chi connectivity index (χ1n) is 7.29. The summed E-state index contributed by atoms with van der Waals surface area (Å²) in [6, 6.07) is 0. The van der Waals surface area contributed by atoms with Crippen LogP contribution in [0.15, 0.2) is 0 Å². The van der Waals surface area contributed by atoms with E-state index in [0.29, 0.717) is 46.2 Å². The number of rotatable bonds is 16. The first-order valence-corrected chi connectivity index (χ1v) is 8.29. The van der Waals surface area contributed by atoms with E-state index in [0.717, 1.165) is 0 Å². The molecule has 0 radical (unpaired) electrons. The van der Waals surface area contributed by atoms with Gasteiger partial charge >= 0.3 is 5.97 Å². The van der Waals surface area contributed by atoms with Crippen LogP contribution in [0.25, 0.3) is 0 Å². The van der Waals surface area contributed by atoms with Crippen LogP contribution in [-0.4, -0.2) is 80.3 Å². The molecule has 2 unspecified atom stereocenters. The fourth-order valence-electron chi connectivity index (χ4n) is 1.33. The van der Waals surface area contributed by atoms with Gasteiger partial charge in [0.15, 0.2) is 0 Å². The lowest BCUT2D eigenvalue weighted by molar-refractivity contribution is -0.149. The summed E-state index contributed by atoms with van der Waals surface area (Å²) in [5.74, 6) is -0.392. The monoisotopic (exact) mass is 357 g/mol. The highest BCUT2D eigenvalue weighted by Gasteiger charge is 2.02. The van der Waals surface area contributed by atoms with Gasteiger partial charge in [-0.1, -0.05) is 0 Å². The average Bonchev–Trinajstić information content (AvgIpc) is 2.48. The molecule has 23 heavy (non-hydrogen) atoms. The van der Waals surface area contributed by atoms with Gasteiger partial charge in [-0.25, -0.2) is 9.00 Å². The van der Waals surface area contributed by atoms with E-state index in [1.165, 1.54) is 0 Å². The standard InChI is InChI=1S/C13H26O9S/c1-3-21-13(14)11-20-9-7-18-5-4-17-6-8-19-10-12(2)22-23(15)16/h12H,3-11H2,1-2H3,(H,15,16)/p-1. The molecule has 10 heteroatoms. The molecule has 0 aliphatic heterocycles. The molecule has 2 atom stereocenters. The van der Waals surface area contributed by atoms with E-state index in [-0.39, 0.29) is 13.2 Å². The normalized spacial score (nSPS) is 13.7. The summed E-state index contributed by atoms with van der Waals surface area (Å²) in [6.07, 6.45) is -0.522. The number of ether oxygens (including phenoxy) is 5. The van der Waals surface area contributed by atoms with Crippen LogP contribution in [0.2, 0.25) is 0 Å². The summed E-state index contributed by atoms with van der Waals surface area (Å²) in [6.45, 7) is 5.93. The van der Waals surface area contributed by atoms with E-state index < -0.39 is 23.4 Å². The molecule has 0 bridgehead atoms. The summed E-state index contributed by atoms with van der Waals surface area (Å²) in [7, 11) is 0. The van der Waals surface area contributed by atoms with Gasteiger partial charge in [0.25, 0.3) is 0 Å². The molecule has 9 nitrogen and oxygen atoms in total. The molecule has 0 spiro atoms. The second kappa shape index (κ2) is 16.2. The predicted octanol–water partition coefficient (Wildman–Crippen LogP) is -0.185. The lowest BCUT2D eigenvalue weighted by Gasteiger charge is -2.14. The SMILES string of the molecule is CCOC(=O)COCCOCCOCCOCC(C)OS(=O)[O-]. The summed E-state index contributed by atoms with van der Waals surface area (Å²) in [4.78, 5) is 10.9. The van der Waals surface area contributed by atoms with Crippen molar-refractivity contribution in [1.29, 1.82) is 0 Å². The minimum absolute atomic E-state index is 0.0763. The third-order valence-corrected chi connectivity index (χ3v) is 2.72. The van der Waals surface area contributed by atoms with Crippen molar-refractivity contribution < 1.29 is 41.4 Å². The Labute approximate surface area is 139 Å². The average molecular weight is 357 g/mol. The van der Waals surface area contributed by atoms with Gasteiger partial charge in [0.2, 0.25) is 0 Å². The van der Waals surface area contributed by atoms with Crippen LogP contribution in [0.4, 0.5) is 0 Å². The van der Waals surface area contributed by atoms with Crippen molar-refractivity contribution in [2.75, 3.05) is 59.5 Å². The zero-order valence-corrected chi connectivity index (χ0v) is 14.3. The summed E-state index contributed by atoms with van der Waals surface area (Å²) < 4.78 is 50.3. The Morgan fingerprint density at radius 3 is 2.04 bits per heavy atom. The topological polar surface area (TPSA) is 113 Å². The van der Waals surface area contributed by atoms with Gasteiger partial charge in [-0.2, -0.15) is 0 Å². The Morgan fingerprint density at radius 2 is 1.52 bits per heavy atom. The molecule has 0 aliphatic rings. The molecule has 0 saturated heterocycles. The fraction of sp³-hybridized carbons (Fsp3) is 0.923. The Kier molecular flexibility index (Phi) is 15.8. The fourth-order valence-corrected chi connectivity index (χ4v) is 1.65. The predicted molar refractivity (Wildman–Crippen MR) is 79.4 cm³/mol. The zero-order chi connectivity index (χ0) is 17.3. The van der Waals surface area contributed by atoms with Crippen molar-refractivity contribution in [3.8, 4) is 0 Å². The lowest BCUT2D eigenvalue weighted by Crippen LogP contribution is -2.19. The van der Waals surface area contributed by atoms with E-state index in [2.05, 4.69) is 4.18 Å². The van der Waals surface area contributed by atoms with Gasteiger partial charge in [0, 0.05) is 0 Å². The van der Waals surface area contributed by atoms with E-state index in [1.807, 2.05) is 0 Å². The molecule has 138 valence electrons. The molecule has 0 amide bonds. The zero-order valence-electron chi connectivity index (χ0n) is 13.5. The molecule has 0 rings (SSSR count). The summed E-state index contributed by atoms with van der Waals surface area (Å²) >= 11 is -2.53. The van der Waals surface area contributed by atoms with Gasteiger partial charge < -0.3 is 28.2 Å². The van der Waals surface area contributed by atoms with Crippen LogP contribution in [-0.2, 0) is 44.0 Å². The van der Waals surface area contributed by atoms with Gasteiger partial charge in [0.05, 0.1) is 70.3 Å². The number of carbonyl (C=O) groups is 1. The van der Waals surface area contributed by atoms with Crippen molar-refractivity contribution in [2.45, 2.75) is 20.0 Å². The second-order valence-corrected chi connectivity index (χ2v) is 4.87. The Hall–Kier alpha value is -0.620. The van der Waals surface area contributed by atoms with Crippen LogP contribution in [0, 0.1) is 0 Å². The number of hydrogen-bond acceptors (Lipinski definition) is 9. The maximum absolute atomic E-state index is 10.9. The molecular formula is C13H25O9S-. The molecule has 0 aromatic carbocycles. The number of hydrogen-bond donors (Lipinski definition) is 0. The minimum atomic E-state index is -2.53. The molecule has 0 aliphatic carbocycles. The minimum Gasteiger partial charge on any atom is -0.750 e. The Bertz CT molecular complexity index is 314. The molecule has 0 heterocycles. The third kappa shape index (κ3) is 17.6. The lowest BCUT2D eigenvalue weighted by atomic mass is 10.4. The van der Waals surface area contributed by atoms with Gasteiger partial charge in [-0.3, -0.25) is 4.18 Å². The van der Waals surface area contributed by atoms with Crippen molar-refractivity contribution in [2.24, 2.45) is 0 Å². The first kappa shape index (κ1) is 22.4. The van der Waals surface area contributed by atoms with Crippen LogP contribution in [0.5, 0.6) is 0 Å². The molecule has 0 aromatic rings. The van der Waals surface area contributed by atoms with Crippen molar-refractivity contribution in [1.82, 2.24) is 0 Å². The molecule has 0 aromatic heterocycles. The van der Waals surface area contributed by atoms with Crippen LogP contribution >= 0.6 is 0 Å². The number of carbonyl (C=O) groups excluding carboxylic acids is 1. The van der Waals surface area contributed by atoms with Crippen molar-refractivity contribution in [3.05, 3.63) is 0 Å². The first-order chi connectivity index (χ1) is 11.1. The largest absolute Gasteiger partial charge is 0.750 e. The maximum atomic E-state index is 10.9. The number of esters is 1. The van der Waals surface area contributed by atoms with Gasteiger partial charge in [-0.15, -0.1) is 0 Å². The molecule has 0 saturated carbocycles. The molecule has 0 fully saturated rings. The molecule has 0 N–H and O–H groups in total. The summed E-state index contributed by atoms with van der Waals surface area (Å²) in [5, 5.41) is 0. The highest BCUT2D eigenvalue weighted by atomic mass is 32.2. The van der Waals surface area contributed by atoms with E-state index in [4.69, 9.17) is 23.7 Å². The van der Waals surface area contributed by atoms with E-state index >= 15 is 0 Å². The van der Waals surface area contributed by atoms with E-state index in [1.54, 1.807) is 13.8 Å². The quantitative estimate of drug-likeness (QED) is 0.211. The Morgan fingerprint density at radius 1 is 1.00 bits per heavy atom. The van der Waals surface area contributed by atoms with Crippen molar-refractivity contribution >= 4 is 17.3 Å². The summed E-state index contributed by atoms with van der Waals surface area (Å²) in [5.41, 5.74) is 0. The smallest absolute Gasteiger partial charge is 0.332 e. The van der Waals surface area contributed by atoms with Crippen LogP contribution < -0.4 is 0 Å². The molecular weight excluding hydrogens is 332 g/mol. The van der Waals surface area contributed by atoms with Gasteiger partial charge in [-0.05, 0) is 13.8 Å². The highest BCUT2D eigenvalue weighted by molar-refractivity contribution is 7.74. The van der Waals surface area contributed by atoms with E-state index in [9.17, 15) is 13.6 Å².